The molecule has 0 bridgehead atoms. The van der Waals surface area contributed by atoms with Gasteiger partial charge in [-0.1, -0.05) is 33.1 Å². The van der Waals surface area contributed by atoms with E-state index in [-0.39, 0.29) is 11.8 Å². The van der Waals surface area contributed by atoms with Gasteiger partial charge in [0.25, 0.3) is 0 Å². The van der Waals surface area contributed by atoms with Crippen LogP contribution < -0.4 is 11.1 Å². The highest BCUT2D eigenvalue weighted by Crippen LogP contribution is 2.36. The monoisotopic (exact) mass is 226 g/mol. The maximum Gasteiger partial charge on any atom is 0.224 e. The number of hydrogen-bond donors (Lipinski definition) is 2. The summed E-state index contributed by atoms with van der Waals surface area (Å²) in [6, 6.07) is 0. The molecule has 1 unspecified atom stereocenters. The average molecular weight is 226 g/mol. The molecule has 0 radical (unpaired) electrons. The Morgan fingerprint density at radius 2 is 2.06 bits per heavy atom. The molecule has 0 aliphatic heterocycles. The number of nitrogens with one attached hydrogen (secondary N) is 1. The van der Waals surface area contributed by atoms with Gasteiger partial charge in [0.2, 0.25) is 5.91 Å². The van der Waals surface area contributed by atoms with Crippen LogP contribution in [-0.4, -0.2) is 19.0 Å². The Kier molecular flexibility index (Phi) is 5.26. The zero-order valence-electron chi connectivity index (χ0n) is 10.7. The minimum absolute atomic E-state index is 0.00926. The van der Waals surface area contributed by atoms with Crippen LogP contribution in [0.4, 0.5) is 0 Å². The van der Waals surface area contributed by atoms with Gasteiger partial charge in [0.1, 0.15) is 0 Å². The van der Waals surface area contributed by atoms with E-state index >= 15 is 0 Å². The second-order valence-corrected chi connectivity index (χ2v) is 5.46. The van der Waals surface area contributed by atoms with Crippen molar-refractivity contribution in [1.82, 2.24) is 5.32 Å². The van der Waals surface area contributed by atoms with E-state index in [2.05, 4.69) is 19.2 Å². The quantitative estimate of drug-likeness (QED) is 0.728. The van der Waals surface area contributed by atoms with Gasteiger partial charge in [0, 0.05) is 13.1 Å². The van der Waals surface area contributed by atoms with Crippen LogP contribution in [0.2, 0.25) is 0 Å². The molecule has 0 aromatic heterocycles. The third-order valence-corrected chi connectivity index (χ3v) is 3.79. The lowest BCUT2D eigenvalue weighted by atomic mass is 9.88. The minimum atomic E-state index is 0.00926. The Balaban J connectivity index is 2.33. The van der Waals surface area contributed by atoms with E-state index in [1.54, 1.807) is 0 Å². The highest BCUT2D eigenvalue weighted by Gasteiger charge is 2.29. The number of nitrogens with two attached hydrogens (primary N) is 1. The van der Waals surface area contributed by atoms with Crippen molar-refractivity contribution in [2.75, 3.05) is 13.1 Å². The zero-order chi connectivity index (χ0) is 12.0. The van der Waals surface area contributed by atoms with E-state index in [1.165, 1.54) is 25.7 Å². The molecule has 1 atom stereocenters. The molecular formula is C13H26N2O. The summed E-state index contributed by atoms with van der Waals surface area (Å²) >= 11 is 0. The largest absolute Gasteiger partial charge is 0.355 e. The van der Waals surface area contributed by atoms with E-state index in [0.29, 0.717) is 12.0 Å². The zero-order valence-corrected chi connectivity index (χ0v) is 10.7. The van der Waals surface area contributed by atoms with Crippen LogP contribution in [0.5, 0.6) is 0 Å². The normalized spacial score (nSPS) is 20.7. The van der Waals surface area contributed by atoms with Gasteiger partial charge in [-0.05, 0) is 24.7 Å². The molecule has 94 valence electrons. The van der Waals surface area contributed by atoms with Crippen molar-refractivity contribution in [3.63, 3.8) is 0 Å². The predicted octanol–water partition coefficient (Wildman–Crippen LogP) is 2.06. The predicted molar refractivity (Wildman–Crippen MR) is 67.0 cm³/mol. The molecule has 0 aromatic rings. The van der Waals surface area contributed by atoms with Gasteiger partial charge in [-0.2, -0.15) is 0 Å². The highest BCUT2D eigenvalue weighted by atomic mass is 16.1. The Morgan fingerprint density at radius 1 is 1.44 bits per heavy atom. The van der Waals surface area contributed by atoms with Crippen LogP contribution in [0, 0.1) is 11.3 Å². The van der Waals surface area contributed by atoms with E-state index in [4.69, 9.17) is 5.73 Å². The van der Waals surface area contributed by atoms with Crippen LogP contribution >= 0.6 is 0 Å². The fourth-order valence-electron chi connectivity index (χ4n) is 2.55. The molecule has 1 fully saturated rings. The fraction of sp³-hybridized carbons (Fsp3) is 0.923. The van der Waals surface area contributed by atoms with Gasteiger partial charge in [-0.25, -0.2) is 0 Å². The Labute approximate surface area is 99.2 Å². The molecule has 3 nitrogen and oxygen atoms in total. The molecular weight excluding hydrogens is 200 g/mol. The summed E-state index contributed by atoms with van der Waals surface area (Å²) in [5.41, 5.74) is 5.95. The van der Waals surface area contributed by atoms with Crippen molar-refractivity contribution in [3.05, 3.63) is 0 Å². The standard InChI is InChI=1S/C13H26N2O/c1-3-6-11(9-14)12(16)15-10-13(2)7-4-5-8-13/h11H,3-10,14H2,1-2H3,(H,15,16). The van der Waals surface area contributed by atoms with Crippen LogP contribution in [0.25, 0.3) is 0 Å². The van der Waals surface area contributed by atoms with Crippen molar-refractivity contribution in [3.8, 4) is 0 Å². The summed E-state index contributed by atoms with van der Waals surface area (Å²) in [6.45, 7) is 5.66. The fourth-order valence-corrected chi connectivity index (χ4v) is 2.55. The van der Waals surface area contributed by atoms with Crippen LogP contribution in [-0.2, 0) is 4.79 Å². The van der Waals surface area contributed by atoms with Crippen molar-refractivity contribution < 1.29 is 4.79 Å². The maximum absolute atomic E-state index is 11.9. The molecule has 1 rings (SSSR count). The molecule has 3 heteroatoms. The number of rotatable bonds is 6. The number of amides is 1. The summed E-state index contributed by atoms with van der Waals surface area (Å²) in [6.07, 6.45) is 7.03. The number of carbonyl (C=O) groups excluding carboxylic acids is 1. The van der Waals surface area contributed by atoms with Gasteiger partial charge in [-0.3, -0.25) is 4.79 Å². The first-order valence-corrected chi connectivity index (χ1v) is 6.59. The third kappa shape index (κ3) is 3.78. The molecule has 0 spiro atoms. The van der Waals surface area contributed by atoms with Gasteiger partial charge >= 0.3 is 0 Å². The molecule has 1 saturated carbocycles. The van der Waals surface area contributed by atoms with Gasteiger partial charge in [-0.15, -0.1) is 0 Å². The second-order valence-electron chi connectivity index (χ2n) is 5.46. The molecule has 0 heterocycles. The highest BCUT2D eigenvalue weighted by molar-refractivity contribution is 5.78. The summed E-state index contributed by atoms with van der Waals surface area (Å²) in [5, 5.41) is 3.08. The van der Waals surface area contributed by atoms with Crippen LogP contribution in [0.15, 0.2) is 0 Å². The molecule has 1 aliphatic carbocycles. The second kappa shape index (κ2) is 6.24. The van der Waals surface area contributed by atoms with Crippen molar-refractivity contribution in [2.45, 2.75) is 52.4 Å². The summed E-state index contributed by atoms with van der Waals surface area (Å²) in [5.74, 6) is 0.160. The number of hydrogen-bond acceptors (Lipinski definition) is 2. The van der Waals surface area contributed by atoms with Crippen LogP contribution in [0.3, 0.4) is 0 Å². The first-order chi connectivity index (χ1) is 7.61. The Bertz CT molecular complexity index is 222. The van der Waals surface area contributed by atoms with Gasteiger partial charge in [0.15, 0.2) is 0 Å². The lowest BCUT2D eigenvalue weighted by molar-refractivity contribution is -0.125. The van der Waals surface area contributed by atoms with E-state index in [1.807, 2.05) is 0 Å². The molecule has 16 heavy (non-hydrogen) atoms. The van der Waals surface area contributed by atoms with Gasteiger partial charge < -0.3 is 11.1 Å². The molecule has 1 amide bonds. The molecule has 0 saturated heterocycles. The van der Waals surface area contributed by atoms with E-state index < -0.39 is 0 Å². The summed E-state index contributed by atoms with van der Waals surface area (Å²) in [4.78, 5) is 11.9. The van der Waals surface area contributed by atoms with E-state index in [0.717, 1.165) is 19.4 Å². The smallest absolute Gasteiger partial charge is 0.224 e. The SMILES string of the molecule is CCCC(CN)C(=O)NCC1(C)CCCC1. The van der Waals surface area contributed by atoms with E-state index in [9.17, 15) is 4.79 Å². The maximum atomic E-state index is 11.9. The molecule has 1 aliphatic rings. The minimum Gasteiger partial charge on any atom is -0.355 e. The Hall–Kier alpha value is -0.570. The molecule has 0 aromatic carbocycles. The Morgan fingerprint density at radius 3 is 2.56 bits per heavy atom. The summed E-state index contributed by atoms with van der Waals surface area (Å²) in [7, 11) is 0. The lowest BCUT2D eigenvalue weighted by Crippen LogP contribution is -2.40. The summed E-state index contributed by atoms with van der Waals surface area (Å²) < 4.78 is 0. The lowest BCUT2D eigenvalue weighted by Gasteiger charge is -2.25. The van der Waals surface area contributed by atoms with Crippen molar-refractivity contribution in [1.29, 1.82) is 0 Å². The molecule has 3 N–H and O–H groups in total. The first kappa shape index (κ1) is 13.5. The topological polar surface area (TPSA) is 55.1 Å². The van der Waals surface area contributed by atoms with Crippen molar-refractivity contribution in [2.24, 2.45) is 17.1 Å². The van der Waals surface area contributed by atoms with Gasteiger partial charge in [0.05, 0.1) is 5.92 Å². The number of carbonyl (C=O) groups is 1. The van der Waals surface area contributed by atoms with Crippen LogP contribution in [0.1, 0.15) is 52.4 Å². The average Bonchev–Trinajstić information content (AvgIpc) is 2.70. The van der Waals surface area contributed by atoms with Crippen molar-refractivity contribution >= 4 is 5.91 Å². The third-order valence-electron chi connectivity index (χ3n) is 3.79. The first-order valence-electron chi connectivity index (χ1n) is 6.59.